The Labute approximate surface area is 104 Å². The molecular weight excluding hydrogens is 238 g/mol. The first-order chi connectivity index (χ1) is 8.65. The van der Waals surface area contributed by atoms with Crippen LogP contribution in [0.1, 0.15) is 0 Å². The zero-order chi connectivity index (χ0) is 13.1. The molecule has 93 valence electrons. The van der Waals surface area contributed by atoms with Gasteiger partial charge in [0.15, 0.2) is 0 Å². The number of ether oxygens (including phenoxy) is 2. The summed E-state index contributed by atoms with van der Waals surface area (Å²) in [7, 11) is 2.95. The van der Waals surface area contributed by atoms with E-state index in [2.05, 4.69) is 6.07 Å². The lowest BCUT2D eigenvalue weighted by atomic mass is 10.0. The van der Waals surface area contributed by atoms with Crippen molar-refractivity contribution in [1.82, 2.24) is 0 Å². The third-order valence-corrected chi connectivity index (χ3v) is 2.54. The smallest absolute Gasteiger partial charge is 0.134 e. The van der Waals surface area contributed by atoms with Crippen LogP contribution >= 0.6 is 0 Å². The van der Waals surface area contributed by atoms with E-state index in [-0.39, 0.29) is 5.56 Å². The van der Waals surface area contributed by atoms with Crippen molar-refractivity contribution in [2.45, 2.75) is 0 Å². The van der Waals surface area contributed by atoms with E-state index in [4.69, 9.17) is 9.47 Å². The molecule has 0 heterocycles. The van der Waals surface area contributed by atoms with E-state index in [9.17, 15) is 8.78 Å². The molecule has 2 aromatic rings. The molecule has 0 atom stereocenters. The van der Waals surface area contributed by atoms with Crippen molar-refractivity contribution < 1.29 is 18.3 Å². The molecule has 0 aliphatic rings. The Morgan fingerprint density at radius 1 is 0.889 bits per heavy atom. The van der Waals surface area contributed by atoms with Gasteiger partial charge >= 0.3 is 0 Å². The molecule has 0 amide bonds. The minimum atomic E-state index is -0.676. The fourth-order valence-corrected chi connectivity index (χ4v) is 1.67. The topological polar surface area (TPSA) is 18.5 Å². The highest BCUT2D eigenvalue weighted by Crippen LogP contribution is 2.32. The van der Waals surface area contributed by atoms with Crippen LogP contribution in [0.2, 0.25) is 0 Å². The first-order valence-corrected chi connectivity index (χ1v) is 5.24. The summed E-state index contributed by atoms with van der Waals surface area (Å²) in [5.41, 5.74) is 0.237. The van der Waals surface area contributed by atoms with Gasteiger partial charge in [-0.25, -0.2) is 8.78 Å². The Morgan fingerprint density at radius 3 is 1.83 bits per heavy atom. The molecule has 2 nitrogen and oxygen atoms in total. The maximum Gasteiger partial charge on any atom is 0.134 e. The highest BCUT2D eigenvalue weighted by atomic mass is 19.1. The predicted molar refractivity (Wildman–Crippen MR) is 63.7 cm³/mol. The van der Waals surface area contributed by atoms with Crippen molar-refractivity contribution >= 4 is 0 Å². The monoisotopic (exact) mass is 249 g/mol. The normalized spacial score (nSPS) is 10.2. The quantitative estimate of drug-likeness (QED) is 0.829. The van der Waals surface area contributed by atoms with E-state index < -0.39 is 11.6 Å². The lowest BCUT2D eigenvalue weighted by Gasteiger charge is -2.10. The Balaban J connectivity index is 2.63. The number of hydrogen-bond donors (Lipinski definition) is 0. The molecular formula is C14H11F2O2. The van der Waals surface area contributed by atoms with Crippen LogP contribution in [0.5, 0.6) is 11.5 Å². The van der Waals surface area contributed by atoms with E-state index in [1.54, 1.807) is 18.2 Å². The highest BCUT2D eigenvalue weighted by Gasteiger charge is 2.13. The van der Waals surface area contributed by atoms with Crippen molar-refractivity contribution in [2.75, 3.05) is 14.2 Å². The number of halogens is 2. The zero-order valence-corrected chi connectivity index (χ0v) is 9.96. The van der Waals surface area contributed by atoms with E-state index in [1.165, 1.54) is 14.2 Å². The molecule has 0 aromatic heterocycles. The van der Waals surface area contributed by atoms with Crippen molar-refractivity contribution in [2.24, 2.45) is 0 Å². The van der Waals surface area contributed by atoms with Crippen molar-refractivity contribution in [3.63, 3.8) is 0 Å². The average molecular weight is 249 g/mol. The first-order valence-electron chi connectivity index (χ1n) is 5.24. The van der Waals surface area contributed by atoms with E-state index in [0.29, 0.717) is 17.1 Å². The molecule has 0 aliphatic heterocycles. The van der Waals surface area contributed by atoms with Gasteiger partial charge in [-0.1, -0.05) is 0 Å². The third-order valence-electron chi connectivity index (χ3n) is 2.54. The fraction of sp³-hybridized carbons (Fsp3) is 0.143. The molecule has 0 spiro atoms. The second-order valence-electron chi connectivity index (χ2n) is 3.63. The Morgan fingerprint density at radius 2 is 1.39 bits per heavy atom. The van der Waals surface area contributed by atoms with Gasteiger partial charge in [0, 0.05) is 6.07 Å². The Bertz CT molecular complexity index is 525. The van der Waals surface area contributed by atoms with Crippen LogP contribution < -0.4 is 9.47 Å². The van der Waals surface area contributed by atoms with Gasteiger partial charge in [-0.05, 0) is 35.9 Å². The summed E-state index contributed by atoms with van der Waals surface area (Å²) < 4.78 is 37.4. The molecule has 2 aromatic carbocycles. The maximum absolute atomic E-state index is 13.7. The molecule has 0 aliphatic carbocycles. The second kappa shape index (κ2) is 5.04. The van der Waals surface area contributed by atoms with Crippen LogP contribution in [0, 0.1) is 17.7 Å². The van der Waals surface area contributed by atoms with Crippen LogP contribution in [0.25, 0.3) is 11.1 Å². The maximum atomic E-state index is 13.7. The van der Waals surface area contributed by atoms with Gasteiger partial charge in [0.25, 0.3) is 0 Å². The van der Waals surface area contributed by atoms with Gasteiger partial charge in [-0.3, -0.25) is 0 Å². The van der Waals surface area contributed by atoms with Crippen LogP contribution in [0.3, 0.4) is 0 Å². The summed E-state index contributed by atoms with van der Waals surface area (Å²) in [4.78, 5) is 0. The van der Waals surface area contributed by atoms with Gasteiger partial charge in [0.1, 0.15) is 23.1 Å². The average Bonchev–Trinajstić information content (AvgIpc) is 2.38. The molecule has 18 heavy (non-hydrogen) atoms. The lowest BCUT2D eigenvalue weighted by molar-refractivity contribution is 0.394. The summed E-state index contributed by atoms with van der Waals surface area (Å²) in [6.45, 7) is 0. The minimum Gasteiger partial charge on any atom is -0.497 e. The van der Waals surface area contributed by atoms with Gasteiger partial charge < -0.3 is 9.47 Å². The largest absolute Gasteiger partial charge is 0.497 e. The molecule has 0 fully saturated rings. The van der Waals surface area contributed by atoms with Crippen LogP contribution in [0.15, 0.2) is 30.3 Å². The summed E-state index contributed by atoms with van der Waals surface area (Å²) in [6.07, 6.45) is 0. The first kappa shape index (κ1) is 12.4. The van der Waals surface area contributed by atoms with E-state index >= 15 is 0 Å². The lowest BCUT2D eigenvalue weighted by Crippen LogP contribution is -1.93. The highest BCUT2D eigenvalue weighted by molar-refractivity contribution is 5.68. The summed E-state index contributed by atoms with van der Waals surface area (Å²) in [5.74, 6) is -0.414. The summed E-state index contributed by atoms with van der Waals surface area (Å²) in [6, 6.07) is 9.28. The van der Waals surface area contributed by atoms with Crippen molar-refractivity contribution in [1.29, 1.82) is 0 Å². The van der Waals surface area contributed by atoms with Crippen molar-refractivity contribution in [3.05, 3.63) is 48.0 Å². The Kier molecular flexibility index (Phi) is 3.46. The van der Waals surface area contributed by atoms with Gasteiger partial charge in [0.2, 0.25) is 0 Å². The zero-order valence-electron chi connectivity index (χ0n) is 9.96. The van der Waals surface area contributed by atoms with Crippen LogP contribution in [0.4, 0.5) is 8.78 Å². The standard InChI is InChI=1S/C14H11F2O2/c1-17-10-6-9(7-11(8-10)18-2)14-12(15)4-3-5-13(14)16/h4-8H,1-2H3. The number of rotatable bonds is 3. The number of hydrogen-bond acceptors (Lipinski definition) is 2. The molecule has 0 N–H and O–H groups in total. The van der Waals surface area contributed by atoms with E-state index in [0.717, 1.165) is 12.1 Å². The second-order valence-corrected chi connectivity index (χ2v) is 3.63. The molecule has 4 heteroatoms. The summed E-state index contributed by atoms with van der Waals surface area (Å²) >= 11 is 0. The molecule has 0 bridgehead atoms. The molecule has 0 unspecified atom stereocenters. The number of methoxy groups -OCH3 is 2. The van der Waals surface area contributed by atoms with Gasteiger partial charge in [-0.15, -0.1) is 0 Å². The van der Waals surface area contributed by atoms with Crippen molar-refractivity contribution in [3.8, 4) is 22.6 Å². The molecule has 0 saturated heterocycles. The fourth-order valence-electron chi connectivity index (χ4n) is 1.67. The van der Waals surface area contributed by atoms with Gasteiger partial charge in [-0.2, -0.15) is 0 Å². The SMILES string of the molecule is COc1cc(OC)cc(-c2c(F)c[c]cc2F)c1. The Hall–Kier alpha value is -2.10. The van der Waals surface area contributed by atoms with Crippen LogP contribution in [-0.4, -0.2) is 14.2 Å². The predicted octanol–water partition coefficient (Wildman–Crippen LogP) is 3.45. The third kappa shape index (κ3) is 2.27. The summed E-state index contributed by atoms with van der Waals surface area (Å²) in [5, 5.41) is 0. The number of benzene rings is 2. The van der Waals surface area contributed by atoms with Crippen LogP contribution in [-0.2, 0) is 0 Å². The van der Waals surface area contributed by atoms with Gasteiger partial charge in [0.05, 0.1) is 19.8 Å². The molecule has 1 radical (unpaired) electrons. The molecule has 2 rings (SSSR count). The molecule has 0 saturated carbocycles. The minimum absolute atomic E-state index is 0.119. The van der Waals surface area contributed by atoms with E-state index in [1.807, 2.05) is 0 Å².